The zero-order chi connectivity index (χ0) is 22.6. The van der Waals surface area contributed by atoms with Gasteiger partial charge in [0.2, 0.25) is 5.95 Å². The number of hydrogen-bond acceptors (Lipinski definition) is 6. The molecular formula is C26H31N7. The van der Waals surface area contributed by atoms with E-state index in [2.05, 4.69) is 82.2 Å². The lowest BCUT2D eigenvalue weighted by atomic mass is 10.0. The van der Waals surface area contributed by atoms with Gasteiger partial charge in [-0.3, -0.25) is 9.58 Å². The molecule has 1 aliphatic heterocycles. The molecular weight excluding hydrogens is 410 g/mol. The smallest absolute Gasteiger partial charge is 0.226 e. The lowest BCUT2D eigenvalue weighted by Crippen LogP contribution is -2.39. The largest absolute Gasteiger partial charge is 0.365 e. The highest BCUT2D eigenvalue weighted by Gasteiger charge is 2.21. The monoisotopic (exact) mass is 441 g/mol. The Labute approximate surface area is 194 Å². The van der Waals surface area contributed by atoms with Gasteiger partial charge in [-0.1, -0.05) is 60.2 Å². The van der Waals surface area contributed by atoms with Crippen LogP contribution in [0.15, 0.2) is 60.8 Å². The second-order valence-electron chi connectivity index (χ2n) is 8.92. The number of piperidine rings is 1. The molecule has 2 aromatic carbocycles. The van der Waals surface area contributed by atoms with E-state index in [0.29, 0.717) is 18.5 Å². The quantitative estimate of drug-likeness (QED) is 0.444. The van der Waals surface area contributed by atoms with Crippen molar-refractivity contribution in [3.63, 3.8) is 0 Å². The molecule has 0 amide bonds. The van der Waals surface area contributed by atoms with Crippen molar-refractivity contribution in [1.29, 1.82) is 0 Å². The Kier molecular flexibility index (Phi) is 6.21. The Morgan fingerprint density at radius 2 is 1.70 bits per heavy atom. The average Bonchev–Trinajstić information content (AvgIpc) is 3.21. The van der Waals surface area contributed by atoms with Gasteiger partial charge >= 0.3 is 0 Å². The van der Waals surface area contributed by atoms with Crippen LogP contribution in [-0.2, 0) is 20.1 Å². The standard InChI is InChI=1S/C26H31N7/c1-19-8-10-20(11-9-19)16-27-24-23-17-28-32(2)25(23)31-26(30-24)29-22-12-14-33(15-13-22)18-21-6-4-3-5-7-21/h3-11,17,22H,12-16,18H2,1-2H3,(H2,27,29,30,31). The first-order chi connectivity index (χ1) is 16.1. The van der Waals surface area contributed by atoms with E-state index in [1.165, 1.54) is 16.7 Å². The van der Waals surface area contributed by atoms with Crippen LogP contribution in [0.3, 0.4) is 0 Å². The average molecular weight is 442 g/mol. The molecule has 3 heterocycles. The van der Waals surface area contributed by atoms with Gasteiger partial charge < -0.3 is 10.6 Å². The Bertz CT molecular complexity index is 1190. The van der Waals surface area contributed by atoms with E-state index in [4.69, 9.17) is 9.97 Å². The second kappa shape index (κ2) is 9.58. The first-order valence-electron chi connectivity index (χ1n) is 11.7. The maximum atomic E-state index is 4.83. The van der Waals surface area contributed by atoms with Crippen molar-refractivity contribution < 1.29 is 0 Å². The van der Waals surface area contributed by atoms with Crippen LogP contribution in [0.1, 0.15) is 29.5 Å². The maximum absolute atomic E-state index is 4.83. The normalized spacial score (nSPS) is 15.1. The fourth-order valence-corrected chi connectivity index (χ4v) is 4.37. The van der Waals surface area contributed by atoms with Gasteiger partial charge in [0.05, 0.1) is 11.6 Å². The van der Waals surface area contributed by atoms with Crippen molar-refractivity contribution in [2.24, 2.45) is 7.05 Å². The highest BCUT2D eigenvalue weighted by Crippen LogP contribution is 2.24. The number of benzene rings is 2. The number of hydrogen-bond donors (Lipinski definition) is 2. The lowest BCUT2D eigenvalue weighted by Gasteiger charge is -2.32. The molecule has 0 bridgehead atoms. The third-order valence-corrected chi connectivity index (χ3v) is 6.34. The minimum Gasteiger partial charge on any atom is -0.365 e. The van der Waals surface area contributed by atoms with Crippen molar-refractivity contribution in [3.05, 3.63) is 77.5 Å². The van der Waals surface area contributed by atoms with Crippen LogP contribution < -0.4 is 10.6 Å². The third-order valence-electron chi connectivity index (χ3n) is 6.34. The van der Waals surface area contributed by atoms with Gasteiger partial charge in [0.25, 0.3) is 0 Å². The predicted octanol–water partition coefficient (Wildman–Crippen LogP) is 4.36. The molecule has 1 aliphatic rings. The number of aryl methyl sites for hydroxylation is 2. The Morgan fingerprint density at radius 1 is 0.939 bits per heavy atom. The minimum absolute atomic E-state index is 0.368. The fraction of sp³-hybridized carbons (Fsp3) is 0.346. The van der Waals surface area contributed by atoms with E-state index in [-0.39, 0.29) is 0 Å². The molecule has 0 saturated carbocycles. The van der Waals surface area contributed by atoms with Crippen LogP contribution in [0, 0.1) is 6.92 Å². The fourth-order valence-electron chi connectivity index (χ4n) is 4.37. The Hall–Kier alpha value is -3.45. The summed E-state index contributed by atoms with van der Waals surface area (Å²) in [5.41, 5.74) is 4.69. The van der Waals surface area contributed by atoms with Crippen LogP contribution in [0.4, 0.5) is 11.8 Å². The summed E-state index contributed by atoms with van der Waals surface area (Å²) in [6.45, 7) is 5.96. The molecule has 2 aromatic heterocycles. The van der Waals surface area contributed by atoms with Gasteiger partial charge in [-0.15, -0.1) is 0 Å². The molecule has 0 radical (unpaired) electrons. The third kappa shape index (κ3) is 5.14. The van der Waals surface area contributed by atoms with Crippen LogP contribution in [0.2, 0.25) is 0 Å². The number of nitrogens with one attached hydrogen (secondary N) is 2. The summed E-state index contributed by atoms with van der Waals surface area (Å²) in [7, 11) is 1.92. The van der Waals surface area contributed by atoms with Crippen molar-refractivity contribution in [2.75, 3.05) is 23.7 Å². The van der Waals surface area contributed by atoms with Crippen molar-refractivity contribution in [1.82, 2.24) is 24.6 Å². The van der Waals surface area contributed by atoms with E-state index in [1.54, 1.807) is 0 Å². The summed E-state index contributed by atoms with van der Waals surface area (Å²) < 4.78 is 1.81. The number of nitrogens with zero attached hydrogens (tertiary/aromatic N) is 5. The van der Waals surface area contributed by atoms with Crippen molar-refractivity contribution in [3.8, 4) is 0 Å². The first kappa shape index (κ1) is 21.4. The molecule has 0 atom stereocenters. The van der Waals surface area contributed by atoms with Gasteiger partial charge in [-0.2, -0.15) is 15.1 Å². The predicted molar refractivity (Wildman–Crippen MR) is 133 cm³/mol. The van der Waals surface area contributed by atoms with E-state index < -0.39 is 0 Å². The second-order valence-corrected chi connectivity index (χ2v) is 8.92. The summed E-state index contributed by atoms with van der Waals surface area (Å²) >= 11 is 0. The Morgan fingerprint density at radius 3 is 2.45 bits per heavy atom. The molecule has 0 unspecified atom stereocenters. The van der Waals surface area contributed by atoms with Gasteiger partial charge in [0.1, 0.15) is 5.82 Å². The number of fused-ring (bicyclic) bond motifs is 1. The molecule has 0 aliphatic carbocycles. The number of likely N-dealkylation sites (tertiary alicyclic amines) is 1. The van der Waals surface area contributed by atoms with Gasteiger partial charge in [0.15, 0.2) is 5.65 Å². The molecule has 2 N–H and O–H groups in total. The summed E-state index contributed by atoms with van der Waals surface area (Å²) in [4.78, 5) is 12.1. The zero-order valence-electron chi connectivity index (χ0n) is 19.3. The molecule has 170 valence electrons. The maximum Gasteiger partial charge on any atom is 0.226 e. The molecule has 7 heteroatoms. The summed E-state index contributed by atoms with van der Waals surface area (Å²) in [6.07, 6.45) is 3.98. The Balaban J connectivity index is 1.25. The number of rotatable bonds is 7. The van der Waals surface area contributed by atoms with Gasteiger partial charge in [-0.05, 0) is 30.9 Å². The lowest BCUT2D eigenvalue weighted by molar-refractivity contribution is 0.211. The van der Waals surface area contributed by atoms with E-state index in [0.717, 1.165) is 49.3 Å². The van der Waals surface area contributed by atoms with Crippen LogP contribution in [-0.4, -0.2) is 43.8 Å². The topological polar surface area (TPSA) is 70.9 Å². The number of aromatic nitrogens is 4. The summed E-state index contributed by atoms with van der Waals surface area (Å²) in [5.74, 6) is 1.48. The van der Waals surface area contributed by atoms with Gasteiger partial charge in [0, 0.05) is 39.3 Å². The van der Waals surface area contributed by atoms with E-state index in [1.807, 2.05) is 17.9 Å². The SMILES string of the molecule is Cc1ccc(CNc2nc(NC3CCN(Cc4ccccc4)CC3)nc3c2cnn3C)cc1. The molecule has 1 fully saturated rings. The van der Waals surface area contributed by atoms with Crippen molar-refractivity contribution >= 4 is 22.8 Å². The molecule has 1 saturated heterocycles. The summed E-state index contributed by atoms with van der Waals surface area (Å²) in [5, 5.41) is 12.4. The van der Waals surface area contributed by atoms with E-state index in [9.17, 15) is 0 Å². The highest BCUT2D eigenvalue weighted by molar-refractivity contribution is 5.87. The minimum atomic E-state index is 0.368. The van der Waals surface area contributed by atoms with Crippen LogP contribution in [0.5, 0.6) is 0 Å². The van der Waals surface area contributed by atoms with Gasteiger partial charge in [-0.25, -0.2) is 0 Å². The molecule has 7 nitrogen and oxygen atoms in total. The highest BCUT2D eigenvalue weighted by atomic mass is 15.3. The van der Waals surface area contributed by atoms with Crippen LogP contribution >= 0.6 is 0 Å². The number of anilines is 2. The zero-order valence-corrected chi connectivity index (χ0v) is 19.3. The first-order valence-corrected chi connectivity index (χ1v) is 11.7. The molecule has 0 spiro atoms. The molecule has 33 heavy (non-hydrogen) atoms. The molecule has 4 aromatic rings. The van der Waals surface area contributed by atoms with E-state index >= 15 is 0 Å². The molecule has 5 rings (SSSR count). The van der Waals surface area contributed by atoms with Crippen molar-refractivity contribution in [2.45, 2.75) is 38.9 Å². The summed E-state index contributed by atoms with van der Waals surface area (Å²) in [6, 6.07) is 19.6. The van der Waals surface area contributed by atoms with Crippen LogP contribution in [0.25, 0.3) is 11.0 Å².